The van der Waals surface area contributed by atoms with E-state index in [1.165, 1.54) is 31.2 Å². The van der Waals surface area contributed by atoms with Gasteiger partial charge < -0.3 is 15.1 Å². The standard InChI is InChI=1S/C24H21F3N6O2.C2H6/c1-13-2-5-16(9-17(13)25)33-11-18(21(32-33)22(26)27)30-23(34)19-12-35-24(31-19)15-6-7-28-20(8-15)29-10-14-3-4-14;1-2/h2,5-9,11-12,14,22H,3-4,10H2,1H3,(H,28,29)(H,30,34);1-2H3. The molecule has 8 nitrogen and oxygen atoms in total. The molecule has 0 aliphatic heterocycles. The van der Waals surface area contributed by atoms with Gasteiger partial charge in [0.25, 0.3) is 12.3 Å². The molecule has 3 heterocycles. The van der Waals surface area contributed by atoms with Gasteiger partial charge in [0.15, 0.2) is 11.4 Å². The number of carbonyl (C=O) groups is 1. The molecule has 4 aromatic rings. The van der Waals surface area contributed by atoms with Crippen LogP contribution < -0.4 is 10.6 Å². The Bertz CT molecular complexity index is 1380. The largest absolute Gasteiger partial charge is 0.444 e. The molecule has 0 saturated heterocycles. The van der Waals surface area contributed by atoms with Crippen LogP contribution in [0.3, 0.4) is 0 Å². The van der Waals surface area contributed by atoms with Crippen molar-refractivity contribution in [1.82, 2.24) is 19.7 Å². The maximum atomic E-state index is 13.9. The Morgan fingerprint density at radius 2 is 2.00 bits per heavy atom. The van der Waals surface area contributed by atoms with Crippen LogP contribution in [-0.4, -0.2) is 32.2 Å². The number of oxazole rings is 1. The van der Waals surface area contributed by atoms with Gasteiger partial charge in [-0.3, -0.25) is 4.79 Å². The lowest BCUT2D eigenvalue weighted by Gasteiger charge is -2.04. The van der Waals surface area contributed by atoms with E-state index in [0.29, 0.717) is 22.9 Å². The summed E-state index contributed by atoms with van der Waals surface area (Å²) in [4.78, 5) is 21.2. The van der Waals surface area contributed by atoms with E-state index < -0.39 is 23.8 Å². The second-order valence-corrected chi connectivity index (χ2v) is 8.35. The van der Waals surface area contributed by atoms with Gasteiger partial charge in [-0.15, -0.1) is 0 Å². The van der Waals surface area contributed by atoms with Gasteiger partial charge in [-0.25, -0.2) is 27.8 Å². The third kappa shape index (κ3) is 6.16. The molecule has 0 radical (unpaired) electrons. The van der Waals surface area contributed by atoms with Crippen molar-refractivity contribution in [2.24, 2.45) is 5.92 Å². The Kier molecular flexibility index (Phi) is 7.90. The zero-order valence-corrected chi connectivity index (χ0v) is 20.6. The van der Waals surface area contributed by atoms with E-state index in [9.17, 15) is 18.0 Å². The summed E-state index contributed by atoms with van der Waals surface area (Å²) < 4.78 is 47.6. The molecule has 1 aromatic carbocycles. The number of carbonyl (C=O) groups excluding carboxylic acids is 1. The van der Waals surface area contributed by atoms with Crippen molar-refractivity contribution in [2.75, 3.05) is 17.2 Å². The summed E-state index contributed by atoms with van der Waals surface area (Å²) in [5.74, 6) is 0.272. The van der Waals surface area contributed by atoms with Gasteiger partial charge in [0.2, 0.25) is 5.89 Å². The highest BCUT2D eigenvalue weighted by atomic mass is 19.3. The Labute approximate surface area is 211 Å². The third-order valence-corrected chi connectivity index (χ3v) is 5.63. The zero-order valence-electron chi connectivity index (χ0n) is 20.6. The molecule has 1 amide bonds. The lowest BCUT2D eigenvalue weighted by Crippen LogP contribution is -2.13. The SMILES string of the molecule is CC.Cc1ccc(-n2cc(NC(=O)c3coc(-c4ccnc(NCC5CC5)c4)n3)c(C(F)F)n2)cc1F. The minimum atomic E-state index is -2.96. The summed E-state index contributed by atoms with van der Waals surface area (Å²) in [7, 11) is 0. The molecule has 1 aliphatic carbocycles. The van der Waals surface area contributed by atoms with Crippen LogP contribution in [-0.2, 0) is 0 Å². The average molecular weight is 513 g/mol. The van der Waals surface area contributed by atoms with E-state index in [4.69, 9.17) is 4.42 Å². The molecule has 194 valence electrons. The van der Waals surface area contributed by atoms with Crippen LogP contribution in [0.15, 0.2) is 53.4 Å². The maximum Gasteiger partial charge on any atom is 0.284 e. The molecule has 0 bridgehead atoms. The lowest BCUT2D eigenvalue weighted by molar-refractivity contribution is 0.102. The van der Waals surface area contributed by atoms with E-state index in [1.54, 1.807) is 31.3 Å². The van der Waals surface area contributed by atoms with Gasteiger partial charge in [-0.05, 0) is 55.5 Å². The molecular weight excluding hydrogens is 485 g/mol. The van der Waals surface area contributed by atoms with E-state index in [-0.39, 0.29) is 23.0 Å². The van der Waals surface area contributed by atoms with Crippen LogP contribution >= 0.6 is 0 Å². The summed E-state index contributed by atoms with van der Waals surface area (Å²) in [6, 6.07) is 7.68. The van der Waals surface area contributed by atoms with Crippen molar-refractivity contribution < 1.29 is 22.4 Å². The van der Waals surface area contributed by atoms with Gasteiger partial charge in [0.05, 0.1) is 17.6 Å². The molecule has 5 rings (SSSR count). The third-order valence-electron chi connectivity index (χ3n) is 5.63. The van der Waals surface area contributed by atoms with E-state index >= 15 is 0 Å². The fourth-order valence-corrected chi connectivity index (χ4v) is 3.43. The number of benzene rings is 1. The molecule has 1 saturated carbocycles. The van der Waals surface area contributed by atoms with Gasteiger partial charge in [-0.1, -0.05) is 19.9 Å². The topological polar surface area (TPSA) is 97.9 Å². The van der Waals surface area contributed by atoms with Crippen LogP contribution in [0, 0.1) is 18.7 Å². The molecule has 1 aliphatic rings. The maximum absolute atomic E-state index is 13.9. The number of aromatic nitrogens is 4. The zero-order chi connectivity index (χ0) is 26.5. The van der Waals surface area contributed by atoms with Gasteiger partial charge in [0, 0.05) is 18.3 Å². The van der Waals surface area contributed by atoms with Crippen molar-refractivity contribution in [3.05, 3.63) is 71.8 Å². The predicted octanol–water partition coefficient (Wildman–Crippen LogP) is 6.41. The first-order chi connectivity index (χ1) is 17.9. The fraction of sp³-hybridized carbons (Fsp3) is 0.308. The molecular formula is C26H27F3N6O2. The smallest absolute Gasteiger partial charge is 0.284 e. The highest BCUT2D eigenvalue weighted by Crippen LogP contribution is 2.30. The molecule has 11 heteroatoms. The first kappa shape index (κ1) is 25.9. The van der Waals surface area contributed by atoms with Crippen molar-refractivity contribution >= 4 is 17.4 Å². The van der Waals surface area contributed by atoms with Gasteiger partial charge in [0.1, 0.15) is 17.9 Å². The number of pyridine rings is 1. The number of nitrogens with one attached hydrogen (secondary N) is 2. The molecule has 0 atom stereocenters. The monoisotopic (exact) mass is 512 g/mol. The highest BCUT2D eigenvalue weighted by Gasteiger charge is 2.23. The van der Waals surface area contributed by atoms with Crippen LogP contribution in [0.4, 0.5) is 24.7 Å². The van der Waals surface area contributed by atoms with Crippen molar-refractivity contribution in [2.45, 2.75) is 40.0 Å². The number of hydrogen-bond acceptors (Lipinski definition) is 6. The first-order valence-electron chi connectivity index (χ1n) is 12.0. The lowest BCUT2D eigenvalue weighted by atomic mass is 10.2. The summed E-state index contributed by atoms with van der Waals surface area (Å²) in [6.07, 6.45) is 3.40. The second kappa shape index (κ2) is 11.3. The Balaban J connectivity index is 0.00000156. The molecule has 37 heavy (non-hydrogen) atoms. The van der Waals surface area contributed by atoms with Crippen molar-refractivity contribution in [3.8, 4) is 17.1 Å². The van der Waals surface area contributed by atoms with Crippen LogP contribution in [0.1, 0.15) is 54.9 Å². The van der Waals surface area contributed by atoms with Crippen molar-refractivity contribution in [1.29, 1.82) is 0 Å². The van der Waals surface area contributed by atoms with E-state index in [0.717, 1.165) is 17.5 Å². The number of halogens is 3. The summed E-state index contributed by atoms with van der Waals surface area (Å²) in [5, 5.41) is 9.47. The summed E-state index contributed by atoms with van der Waals surface area (Å²) in [5.41, 5.74) is 0.293. The van der Waals surface area contributed by atoms with Crippen molar-refractivity contribution in [3.63, 3.8) is 0 Å². The number of anilines is 2. The minimum Gasteiger partial charge on any atom is -0.444 e. The Morgan fingerprint density at radius 1 is 1.22 bits per heavy atom. The Hall–Kier alpha value is -4.15. The average Bonchev–Trinajstić information content (AvgIpc) is 3.42. The number of amides is 1. The van der Waals surface area contributed by atoms with Gasteiger partial charge in [-0.2, -0.15) is 5.10 Å². The number of aryl methyl sites for hydroxylation is 1. The predicted molar refractivity (Wildman–Crippen MR) is 133 cm³/mol. The Morgan fingerprint density at radius 3 is 2.70 bits per heavy atom. The first-order valence-corrected chi connectivity index (χ1v) is 12.0. The number of alkyl halides is 2. The molecule has 0 spiro atoms. The fourth-order valence-electron chi connectivity index (χ4n) is 3.43. The van der Waals surface area contributed by atoms with E-state index in [1.807, 2.05) is 13.8 Å². The molecule has 3 aromatic heterocycles. The van der Waals surface area contributed by atoms with E-state index in [2.05, 4.69) is 25.7 Å². The van der Waals surface area contributed by atoms with Crippen LogP contribution in [0.2, 0.25) is 0 Å². The normalized spacial score (nSPS) is 12.7. The minimum absolute atomic E-state index is 0.0985. The summed E-state index contributed by atoms with van der Waals surface area (Å²) >= 11 is 0. The molecule has 0 unspecified atom stereocenters. The number of rotatable bonds is 8. The van der Waals surface area contributed by atoms with Crippen LogP contribution in [0.25, 0.3) is 17.1 Å². The summed E-state index contributed by atoms with van der Waals surface area (Å²) in [6.45, 7) is 6.42. The highest BCUT2D eigenvalue weighted by molar-refractivity contribution is 6.03. The van der Waals surface area contributed by atoms with Crippen LogP contribution in [0.5, 0.6) is 0 Å². The molecule has 2 N–H and O–H groups in total. The molecule has 1 fully saturated rings. The van der Waals surface area contributed by atoms with Gasteiger partial charge >= 0.3 is 0 Å². The quantitative estimate of drug-likeness (QED) is 0.283. The number of hydrogen-bond donors (Lipinski definition) is 2. The second-order valence-electron chi connectivity index (χ2n) is 8.35. The number of nitrogens with zero attached hydrogens (tertiary/aromatic N) is 4.